The summed E-state index contributed by atoms with van der Waals surface area (Å²) in [6.07, 6.45) is 3.59. The van der Waals surface area contributed by atoms with Crippen LogP contribution in [0.2, 0.25) is 0 Å². The maximum atomic E-state index is 14.1. The van der Waals surface area contributed by atoms with Gasteiger partial charge in [0.15, 0.2) is 0 Å². The minimum absolute atomic E-state index is 0.0579. The highest BCUT2D eigenvalue weighted by Gasteiger charge is 2.16. The van der Waals surface area contributed by atoms with Crippen molar-refractivity contribution in [2.24, 2.45) is 0 Å². The molecule has 0 aliphatic rings. The van der Waals surface area contributed by atoms with Crippen molar-refractivity contribution >= 4 is 34.7 Å². The number of ether oxygens (including phenoxy) is 1. The number of carbonyl (C=O) groups is 3. The molecule has 3 aromatic rings. The monoisotopic (exact) mass is 505 g/mol. The van der Waals surface area contributed by atoms with Crippen LogP contribution in [0.4, 0.5) is 21.5 Å². The van der Waals surface area contributed by atoms with Crippen molar-refractivity contribution in [3.63, 3.8) is 0 Å². The first-order valence-corrected chi connectivity index (χ1v) is 12.4. The predicted octanol–water partition coefficient (Wildman–Crippen LogP) is 5.93. The molecule has 194 valence electrons. The van der Waals surface area contributed by atoms with Gasteiger partial charge >= 0.3 is 5.97 Å². The molecule has 0 radical (unpaired) electrons. The van der Waals surface area contributed by atoms with Crippen molar-refractivity contribution < 1.29 is 23.5 Å². The van der Waals surface area contributed by atoms with Crippen LogP contribution in [-0.2, 0) is 27.2 Å². The maximum absolute atomic E-state index is 14.1. The highest BCUT2D eigenvalue weighted by atomic mass is 19.1. The van der Waals surface area contributed by atoms with E-state index in [1.165, 1.54) is 12.3 Å². The van der Waals surface area contributed by atoms with Crippen LogP contribution in [0, 0.1) is 12.7 Å². The van der Waals surface area contributed by atoms with E-state index < -0.39 is 5.91 Å². The number of Topliss-reactive ketones (excluding diaryl/α,β-unsaturated/α-hetero) is 1. The number of pyridine rings is 1. The number of carbonyl (C=O) groups excluding carboxylic acids is 3. The van der Waals surface area contributed by atoms with E-state index >= 15 is 0 Å². The van der Waals surface area contributed by atoms with Gasteiger partial charge in [0.1, 0.15) is 11.6 Å². The van der Waals surface area contributed by atoms with Crippen molar-refractivity contribution in [2.45, 2.75) is 52.9 Å². The van der Waals surface area contributed by atoms with Crippen LogP contribution in [-0.4, -0.2) is 29.3 Å². The summed E-state index contributed by atoms with van der Waals surface area (Å²) in [5.41, 5.74) is 3.68. The van der Waals surface area contributed by atoms with Crippen molar-refractivity contribution in [1.82, 2.24) is 4.98 Å². The van der Waals surface area contributed by atoms with Crippen molar-refractivity contribution in [2.75, 3.05) is 17.2 Å². The average Bonchev–Trinajstić information content (AvgIpc) is 2.86. The molecule has 7 nitrogen and oxygen atoms in total. The summed E-state index contributed by atoms with van der Waals surface area (Å²) in [4.78, 5) is 41.2. The number of ketones is 1. The van der Waals surface area contributed by atoms with E-state index in [1.807, 2.05) is 19.1 Å². The normalized spacial score (nSPS) is 10.6. The van der Waals surface area contributed by atoms with Gasteiger partial charge in [-0.05, 0) is 68.1 Å². The summed E-state index contributed by atoms with van der Waals surface area (Å²) in [5, 5.41) is 5.95. The highest BCUT2D eigenvalue weighted by molar-refractivity contribution is 6.08. The molecule has 1 heterocycles. The molecule has 0 fully saturated rings. The van der Waals surface area contributed by atoms with Crippen LogP contribution in [0.1, 0.15) is 60.3 Å². The first-order valence-electron chi connectivity index (χ1n) is 12.4. The Kier molecular flexibility index (Phi) is 9.89. The second-order valence-corrected chi connectivity index (χ2v) is 8.73. The Hall–Kier alpha value is -4.07. The molecule has 0 atom stereocenters. The Bertz CT molecular complexity index is 1260. The molecule has 1 aromatic heterocycles. The number of esters is 1. The van der Waals surface area contributed by atoms with E-state index in [0.29, 0.717) is 47.8 Å². The number of benzene rings is 2. The van der Waals surface area contributed by atoms with E-state index in [9.17, 15) is 18.8 Å². The molecule has 2 aromatic carbocycles. The third kappa shape index (κ3) is 8.24. The summed E-state index contributed by atoms with van der Waals surface area (Å²) in [7, 11) is 0. The van der Waals surface area contributed by atoms with Crippen LogP contribution in [0.25, 0.3) is 0 Å². The molecular formula is C29H32FN3O4. The molecule has 2 N–H and O–H groups in total. The van der Waals surface area contributed by atoms with Crippen molar-refractivity contribution in [3.8, 4) is 0 Å². The summed E-state index contributed by atoms with van der Waals surface area (Å²) < 4.78 is 19.1. The first kappa shape index (κ1) is 27.5. The second-order valence-electron chi connectivity index (χ2n) is 8.73. The van der Waals surface area contributed by atoms with E-state index in [1.54, 1.807) is 44.2 Å². The van der Waals surface area contributed by atoms with Gasteiger partial charge in [0.25, 0.3) is 5.91 Å². The number of nitrogens with zero attached hydrogens (tertiary/aromatic N) is 1. The molecule has 1 amide bonds. The third-order valence-electron chi connectivity index (χ3n) is 5.70. The standard InChI is InChI=1S/C29H32FN3O4/c1-4-6-24(34)15-23-17-27(32-22-11-7-19(3)26(30)16-22)25(18-31-23)29(36)33-21-12-8-20(9-13-21)10-14-28(35)37-5-2/h7-9,11-13,16-18H,4-6,10,14-15H2,1-3H3,(H,31,32)(H,33,36). The first-order chi connectivity index (χ1) is 17.8. The quantitative estimate of drug-likeness (QED) is 0.296. The van der Waals surface area contributed by atoms with Crippen molar-refractivity contribution in [3.05, 3.63) is 82.9 Å². The molecule has 37 heavy (non-hydrogen) atoms. The Balaban J connectivity index is 1.79. The Labute approximate surface area is 216 Å². The number of nitrogens with one attached hydrogen (secondary N) is 2. The van der Waals surface area contributed by atoms with E-state index in [2.05, 4.69) is 15.6 Å². The molecule has 3 rings (SSSR count). The topological polar surface area (TPSA) is 97.4 Å². The number of amides is 1. The predicted molar refractivity (Wildman–Crippen MR) is 142 cm³/mol. The SMILES string of the molecule is CCCC(=O)Cc1cc(Nc2ccc(C)c(F)c2)c(C(=O)Nc2ccc(CCC(=O)OCC)cc2)cn1. The van der Waals surface area contributed by atoms with Crippen LogP contribution in [0.5, 0.6) is 0 Å². The molecule has 0 spiro atoms. The van der Waals surface area contributed by atoms with Gasteiger partial charge in [-0.15, -0.1) is 0 Å². The number of hydrogen-bond donors (Lipinski definition) is 2. The smallest absolute Gasteiger partial charge is 0.306 e. The van der Waals surface area contributed by atoms with Crippen LogP contribution in [0.3, 0.4) is 0 Å². The number of aryl methyl sites for hydroxylation is 2. The number of rotatable bonds is 12. The lowest BCUT2D eigenvalue weighted by molar-refractivity contribution is -0.143. The zero-order valence-corrected chi connectivity index (χ0v) is 21.4. The van der Waals surface area contributed by atoms with Crippen LogP contribution in [0.15, 0.2) is 54.7 Å². The molecule has 0 saturated carbocycles. The highest BCUT2D eigenvalue weighted by Crippen LogP contribution is 2.25. The fraction of sp³-hybridized carbons (Fsp3) is 0.310. The molecule has 0 saturated heterocycles. The van der Waals surface area contributed by atoms with Gasteiger partial charge < -0.3 is 15.4 Å². The van der Waals surface area contributed by atoms with Gasteiger partial charge in [-0.2, -0.15) is 0 Å². The third-order valence-corrected chi connectivity index (χ3v) is 5.70. The summed E-state index contributed by atoms with van der Waals surface area (Å²) in [6.45, 7) is 5.73. The van der Waals surface area contributed by atoms with E-state index in [-0.39, 0.29) is 36.0 Å². The lowest BCUT2D eigenvalue weighted by atomic mass is 10.1. The summed E-state index contributed by atoms with van der Waals surface area (Å²) in [5.74, 6) is -0.969. The molecule has 0 aliphatic carbocycles. The van der Waals surface area contributed by atoms with Crippen molar-refractivity contribution in [1.29, 1.82) is 0 Å². The van der Waals surface area contributed by atoms with E-state index in [4.69, 9.17) is 4.74 Å². The summed E-state index contributed by atoms with van der Waals surface area (Å²) >= 11 is 0. The van der Waals surface area contributed by atoms with Gasteiger partial charge in [0.05, 0.1) is 17.9 Å². The zero-order chi connectivity index (χ0) is 26.8. The lowest BCUT2D eigenvalue weighted by Gasteiger charge is -2.14. The molecular weight excluding hydrogens is 473 g/mol. The van der Waals surface area contributed by atoms with Crippen LogP contribution < -0.4 is 10.6 Å². The minimum atomic E-state index is -0.409. The number of aromatic nitrogens is 1. The number of halogens is 1. The molecule has 0 unspecified atom stereocenters. The Morgan fingerprint density at radius 3 is 2.38 bits per heavy atom. The molecule has 0 bridgehead atoms. The minimum Gasteiger partial charge on any atom is -0.466 e. The number of anilines is 3. The molecule has 8 heteroatoms. The zero-order valence-electron chi connectivity index (χ0n) is 21.4. The van der Waals surface area contributed by atoms with Crippen LogP contribution >= 0.6 is 0 Å². The van der Waals surface area contributed by atoms with E-state index in [0.717, 1.165) is 12.0 Å². The van der Waals surface area contributed by atoms with Gasteiger partial charge in [0.2, 0.25) is 0 Å². The Morgan fingerprint density at radius 1 is 0.973 bits per heavy atom. The molecule has 0 aliphatic heterocycles. The van der Waals surface area contributed by atoms with Gasteiger partial charge in [-0.1, -0.05) is 25.1 Å². The second kappa shape index (κ2) is 13.3. The summed E-state index contributed by atoms with van der Waals surface area (Å²) in [6, 6.07) is 13.6. The fourth-order valence-electron chi connectivity index (χ4n) is 3.71. The average molecular weight is 506 g/mol. The van der Waals surface area contributed by atoms with Gasteiger partial charge in [-0.3, -0.25) is 19.4 Å². The lowest BCUT2D eigenvalue weighted by Crippen LogP contribution is -2.15. The van der Waals surface area contributed by atoms with Gasteiger partial charge in [0, 0.05) is 42.5 Å². The Morgan fingerprint density at radius 2 is 1.70 bits per heavy atom. The largest absolute Gasteiger partial charge is 0.466 e. The maximum Gasteiger partial charge on any atom is 0.306 e. The number of hydrogen-bond acceptors (Lipinski definition) is 6. The fourth-order valence-corrected chi connectivity index (χ4v) is 3.71. The van der Waals surface area contributed by atoms with Gasteiger partial charge in [-0.25, -0.2) is 4.39 Å².